The highest BCUT2D eigenvalue weighted by molar-refractivity contribution is 5.99. The number of rotatable bonds is 2. The number of para-hydroxylation sites is 1. The van der Waals surface area contributed by atoms with Crippen LogP contribution in [0.25, 0.3) is 28.4 Å². The summed E-state index contributed by atoms with van der Waals surface area (Å²) in [5.74, 6) is 0.884. The second-order valence-electron chi connectivity index (χ2n) is 5.78. The molecule has 2 aromatic carbocycles. The van der Waals surface area contributed by atoms with Gasteiger partial charge in [-0.1, -0.05) is 48.5 Å². The lowest BCUT2D eigenvalue weighted by Gasteiger charge is -2.13. The highest BCUT2D eigenvalue weighted by Crippen LogP contribution is 2.35. The van der Waals surface area contributed by atoms with Crippen LogP contribution >= 0.6 is 0 Å². The predicted octanol–water partition coefficient (Wildman–Crippen LogP) is 4.70. The van der Waals surface area contributed by atoms with Gasteiger partial charge in [0.1, 0.15) is 0 Å². The second kappa shape index (κ2) is 5.48. The molecule has 0 bridgehead atoms. The summed E-state index contributed by atoms with van der Waals surface area (Å²) in [5, 5.41) is 1.11. The summed E-state index contributed by atoms with van der Waals surface area (Å²) < 4.78 is 4.21. The Hall–Kier alpha value is -3.62. The summed E-state index contributed by atoms with van der Waals surface area (Å²) >= 11 is 0. The van der Waals surface area contributed by atoms with Crippen molar-refractivity contribution in [2.45, 2.75) is 0 Å². The Bertz CT molecular complexity index is 1170. The van der Waals surface area contributed by atoms with Gasteiger partial charge >= 0.3 is 0 Å². The number of aliphatic imine (C=N–C) groups is 1. The standard InChI is InChI=1S/C21H14N4/c1-2-8-16(9-3-1)21-23-14-15-24(21)25-18-11-5-4-10-17(18)20-19(25)12-6-7-13-22-20/h1-5,7-15H. The SMILES string of the molecule is C1=CC=Nc2c(n(-n3ccnc3-c3ccccc3)c3ccccc23)C=1. The smallest absolute Gasteiger partial charge is 0.159 e. The lowest BCUT2D eigenvalue weighted by molar-refractivity contribution is 0.689. The number of hydrogen-bond donors (Lipinski definition) is 0. The molecule has 0 aliphatic carbocycles. The van der Waals surface area contributed by atoms with Gasteiger partial charge in [-0.05, 0) is 12.1 Å². The number of allylic oxidation sites excluding steroid dienone is 1. The summed E-state index contributed by atoms with van der Waals surface area (Å²) in [7, 11) is 0. The number of aromatic nitrogens is 3. The van der Waals surface area contributed by atoms with Gasteiger partial charge in [-0.15, -0.1) is 5.73 Å². The first-order valence-electron chi connectivity index (χ1n) is 8.11. The zero-order valence-electron chi connectivity index (χ0n) is 13.4. The Morgan fingerprint density at radius 1 is 0.920 bits per heavy atom. The highest BCUT2D eigenvalue weighted by Gasteiger charge is 2.18. The molecule has 0 fully saturated rings. The van der Waals surface area contributed by atoms with Crippen molar-refractivity contribution in [3.05, 3.63) is 84.5 Å². The van der Waals surface area contributed by atoms with Crippen molar-refractivity contribution >= 4 is 28.9 Å². The molecule has 1 aliphatic heterocycles. The molecule has 0 saturated carbocycles. The van der Waals surface area contributed by atoms with Crippen molar-refractivity contribution in [3.63, 3.8) is 0 Å². The van der Waals surface area contributed by atoms with Gasteiger partial charge in [0.2, 0.25) is 0 Å². The number of benzene rings is 2. The van der Waals surface area contributed by atoms with E-state index in [-0.39, 0.29) is 0 Å². The van der Waals surface area contributed by atoms with E-state index < -0.39 is 0 Å². The monoisotopic (exact) mass is 322 g/mol. The van der Waals surface area contributed by atoms with Gasteiger partial charge < -0.3 is 0 Å². The molecule has 1 aliphatic rings. The zero-order chi connectivity index (χ0) is 16.6. The first-order chi connectivity index (χ1) is 12.4. The Balaban J connectivity index is 1.87. The van der Waals surface area contributed by atoms with E-state index in [1.165, 1.54) is 0 Å². The van der Waals surface area contributed by atoms with Crippen molar-refractivity contribution in [2.24, 2.45) is 4.99 Å². The first-order valence-corrected chi connectivity index (χ1v) is 8.11. The minimum atomic E-state index is 0.884. The molecule has 25 heavy (non-hydrogen) atoms. The van der Waals surface area contributed by atoms with Gasteiger partial charge in [-0.25, -0.2) is 14.3 Å². The summed E-state index contributed by atoms with van der Waals surface area (Å²) in [6.07, 6.45) is 9.37. The molecule has 2 aromatic heterocycles. The number of imidazole rings is 1. The molecule has 0 spiro atoms. The molecular formula is C21H14N4. The van der Waals surface area contributed by atoms with Crippen LogP contribution in [0, 0.1) is 0 Å². The van der Waals surface area contributed by atoms with Crippen LogP contribution in [0.3, 0.4) is 0 Å². The largest absolute Gasteiger partial charge is 0.253 e. The van der Waals surface area contributed by atoms with Crippen molar-refractivity contribution in [1.29, 1.82) is 0 Å². The van der Waals surface area contributed by atoms with Crippen molar-refractivity contribution in [3.8, 4) is 11.4 Å². The summed E-state index contributed by atoms with van der Waals surface area (Å²) in [4.78, 5) is 9.20. The number of hydrogen-bond acceptors (Lipinski definition) is 2. The van der Waals surface area contributed by atoms with Gasteiger partial charge in [0.05, 0.1) is 16.9 Å². The van der Waals surface area contributed by atoms with Crippen molar-refractivity contribution in [2.75, 3.05) is 0 Å². The second-order valence-corrected chi connectivity index (χ2v) is 5.78. The maximum Gasteiger partial charge on any atom is 0.159 e. The minimum Gasteiger partial charge on any atom is -0.253 e. The molecule has 0 atom stereocenters. The highest BCUT2D eigenvalue weighted by atomic mass is 15.5. The van der Waals surface area contributed by atoms with Crippen molar-refractivity contribution in [1.82, 2.24) is 14.3 Å². The quantitative estimate of drug-likeness (QED) is 0.493. The molecule has 0 unspecified atom stereocenters. The van der Waals surface area contributed by atoms with Gasteiger partial charge in [0.15, 0.2) is 5.82 Å². The lowest BCUT2D eigenvalue weighted by Crippen LogP contribution is -2.11. The van der Waals surface area contributed by atoms with Crippen LogP contribution in [0.4, 0.5) is 5.69 Å². The average molecular weight is 322 g/mol. The van der Waals surface area contributed by atoms with Crippen LogP contribution in [-0.2, 0) is 0 Å². The minimum absolute atomic E-state index is 0.884. The summed E-state index contributed by atoms with van der Waals surface area (Å²) in [5.41, 5.74) is 7.26. The molecule has 0 amide bonds. The van der Waals surface area contributed by atoms with E-state index >= 15 is 0 Å². The van der Waals surface area contributed by atoms with Gasteiger partial charge in [-0.2, -0.15) is 0 Å². The summed E-state index contributed by atoms with van der Waals surface area (Å²) in [6, 6.07) is 18.5. The molecule has 3 heterocycles. The predicted molar refractivity (Wildman–Crippen MR) is 101 cm³/mol. The van der Waals surface area contributed by atoms with Crippen LogP contribution in [0.5, 0.6) is 0 Å². The van der Waals surface area contributed by atoms with Gasteiger partial charge in [0, 0.05) is 35.6 Å². The third kappa shape index (κ3) is 2.09. The van der Waals surface area contributed by atoms with Crippen LogP contribution < -0.4 is 0 Å². The molecule has 5 rings (SSSR count). The third-order valence-electron chi connectivity index (χ3n) is 4.32. The Morgan fingerprint density at radius 2 is 1.76 bits per heavy atom. The van der Waals surface area contributed by atoms with E-state index in [0.29, 0.717) is 0 Å². The lowest BCUT2D eigenvalue weighted by atomic mass is 10.2. The molecule has 4 heteroatoms. The average Bonchev–Trinajstić information content (AvgIpc) is 3.17. The van der Waals surface area contributed by atoms with E-state index in [0.717, 1.165) is 33.7 Å². The van der Waals surface area contributed by atoms with E-state index in [1.807, 2.05) is 54.9 Å². The fourth-order valence-corrected chi connectivity index (χ4v) is 3.26. The molecule has 118 valence electrons. The van der Waals surface area contributed by atoms with E-state index in [1.54, 1.807) is 6.21 Å². The molecular weight excluding hydrogens is 308 g/mol. The van der Waals surface area contributed by atoms with Crippen molar-refractivity contribution < 1.29 is 0 Å². The Morgan fingerprint density at radius 3 is 2.68 bits per heavy atom. The fraction of sp³-hybridized carbons (Fsp3) is 0. The Kier molecular flexibility index (Phi) is 3.02. The third-order valence-corrected chi connectivity index (χ3v) is 4.32. The zero-order valence-corrected chi connectivity index (χ0v) is 13.4. The first kappa shape index (κ1) is 13.8. The molecule has 0 saturated heterocycles. The van der Waals surface area contributed by atoms with Gasteiger partial charge in [0.25, 0.3) is 0 Å². The molecule has 4 aromatic rings. The normalized spacial score (nSPS) is 12.5. The Labute approximate surface area is 144 Å². The fourth-order valence-electron chi connectivity index (χ4n) is 3.26. The van der Waals surface area contributed by atoms with Crippen LogP contribution in [0.15, 0.2) is 83.8 Å². The molecule has 0 radical (unpaired) electrons. The summed E-state index contributed by atoms with van der Waals surface area (Å²) in [6.45, 7) is 0. The van der Waals surface area contributed by atoms with E-state index in [2.05, 4.69) is 49.3 Å². The van der Waals surface area contributed by atoms with Gasteiger partial charge in [-0.3, -0.25) is 4.99 Å². The maximum absolute atomic E-state index is 4.62. The van der Waals surface area contributed by atoms with Crippen LogP contribution in [0.1, 0.15) is 5.69 Å². The van der Waals surface area contributed by atoms with Crippen LogP contribution in [0.2, 0.25) is 0 Å². The number of nitrogens with zero attached hydrogens (tertiary/aromatic N) is 4. The topological polar surface area (TPSA) is 35.1 Å². The number of fused-ring (bicyclic) bond motifs is 3. The van der Waals surface area contributed by atoms with E-state index in [9.17, 15) is 0 Å². The maximum atomic E-state index is 4.62. The van der Waals surface area contributed by atoms with E-state index in [4.69, 9.17) is 0 Å². The van der Waals surface area contributed by atoms with Crippen LogP contribution in [-0.4, -0.2) is 20.6 Å². The molecule has 4 nitrogen and oxygen atoms in total. The molecule has 0 N–H and O–H groups in total.